The Kier molecular flexibility index (Phi) is 5.49. The van der Waals surface area contributed by atoms with Crippen LogP contribution in [-0.4, -0.2) is 29.1 Å². The molecule has 0 unspecified atom stereocenters. The fourth-order valence-electron chi connectivity index (χ4n) is 3.58. The van der Waals surface area contributed by atoms with Gasteiger partial charge < -0.3 is 0 Å². The van der Waals surface area contributed by atoms with E-state index in [0.29, 0.717) is 19.5 Å². The number of rotatable bonds is 4. The van der Waals surface area contributed by atoms with Crippen LogP contribution in [0.1, 0.15) is 22.3 Å². The Morgan fingerprint density at radius 2 is 1.86 bits per heavy atom. The molecule has 0 N–H and O–H groups in total. The number of amidine groups is 1. The van der Waals surface area contributed by atoms with Crippen LogP contribution in [0.5, 0.6) is 0 Å². The van der Waals surface area contributed by atoms with E-state index in [1.165, 1.54) is 22.1 Å². The van der Waals surface area contributed by atoms with Crippen LogP contribution in [-0.2, 0) is 17.0 Å². The van der Waals surface area contributed by atoms with E-state index in [0.717, 1.165) is 21.9 Å². The number of carbonyl (C=O) groups excluding carboxylic acids is 1. The number of fused-ring (bicyclic) bond motifs is 1. The normalized spacial score (nSPS) is 13.8. The van der Waals surface area contributed by atoms with Crippen molar-refractivity contribution in [1.82, 2.24) is 4.90 Å². The maximum absolute atomic E-state index is 13.0. The van der Waals surface area contributed by atoms with E-state index in [9.17, 15) is 4.79 Å². The van der Waals surface area contributed by atoms with Crippen LogP contribution >= 0.6 is 11.8 Å². The van der Waals surface area contributed by atoms with Crippen LogP contribution in [0.25, 0.3) is 10.8 Å². The zero-order valence-corrected chi connectivity index (χ0v) is 17.1. The van der Waals surface area contributed by atoms with E-state index < -0.39 is 0 Å². The number of aliphatic imine (C=N–C) groups is 1. The van der Waals surface area contributed by atoms with E-state index >= 15 is 0 Å². The molecule has 3 aromatic rings. The molecular formula is C24H24N2OS. The number of hydrogen-bond donors (Lipinski definition) is 0. The Balaban J connectivity index is 1.47. The zero-order valence-electron chi connectivity index (χ0n) is 16.3. The lowest BCUT2D eigenvalue weighted by Gasteiger charge is -2.19. The summed E-state index contributed by atoms with van der Waals surface area (Å²) in [4.78, 5) is 19.5. The first kappa shape index (κ1) is 18.8. The van der Waals surface area contributed by atoms with Crippen molar-refractivity contribution in [2.75, 3.05) is 13.1 Å². The molecule has 142 valence electrons. The third-order valence-corrected chi connectivity index (χ3v) is 6.25. The monoisotopic (exact) mass is 388 g/mol. The highest BCUT2D eigenvalue weighted by molar-refractivity contribution is 8.13. The van der Waals surface area contributed by atoms with Gasteiger partial charge in [0.25, 0.3) is 0 Å². The van der Waals surface area contributed by atoms with Crippen molar-refractivity contribution >= 4 is 33.6 Å². The molecule has 4 heteroatoms. The molecule has 1 aliphatic rings. The van der Waals surface area contributed by atoms with Gasteiger partial charge in [0.2, 0.25) is 5.91 Å². The largest absolute Gasteiger partial charge is 0.289 e. The summed E-state index contributed by atoms with van der Waals surface area (Å²) in [5, 5.41) is 3.18. The third kappa shape index (κ3) is 3.97. The van der Waals surface area contributed by atoms with Gasteiger partial charge >= 0.3 is 0 Å². The first-order valence-electron chi connectivity index (χ1n) is 9.62. The lowest BCUT2D eigenvalue weighted by molar-refractivity contribution is -0.126. The van der Waals surface area contributed by atoms with Crippen molar-refractivity contribution < 1.29 is 4.79 Å². The van der Waals surface area contributed by atoms with Gasteiger partial charge in [0.15, 0.2) is 5.17 Å². The molecule has 0 saturated carbocycles. The molecule has 1 amide bonds. The minimum absolute atomic E-state index is 0.126. The molecular weight excluding hydrogens is 364 g/mol. The maximum Gasteiger partial charge on any atom is 0.233 e. The fraction of sp³-hybridized carbons (Fsp3) is 0.250. The summed E-state index contributed by atoms with van der Waals surface area (Å²) in [5.74, 6) is 0.964. The smallest absolute Gasteiger partial charge is 0.233 e. The highest BCUT2D eigenvalue weighted by Crippen LogP contribution is 2.24. The number of aryl methyl sites for hydroxylation is 2. The van der Waals surface area contributed by atoms with Crippen LogP contribution in [0.2, 0.25) is 0 Å². The van der Waals surface area contributed by atoms with Crippen molar-refractivity contribution in [1.29, 1.82) is 0 Å². The molecule has 0 bridgehead atoms. The van der Waals surface area contributed by atoms with Crippen molar-refractivity contribution in [2.45, 2.75) is 26.0 Å². The van der Waals surface area contributed by atoms with Gasteiger partial charge in [-0.25, -0.2) is 0 Å². The van der Waals surface area contributed by atoms with Gasteiger partial charge in [-0.05, 0) is 41.3 Å². The van der Waals surface area contributed by atoms with E-state index in [1.807, 2.05) is 23.1 Å². The number of thioether (sulfide) groups is 1. The van der Waals surface area contributed by atoms with Gasteiger partial charge in [-0.3, -0.25) is 14.7 Å². The van der Waals surface area contributed by atoms with Gasteiger partial charge in [0, 0.05) is 12.3 Å². The molecule has 0 saturated heterocycles. The highest BCUT2D eigenvalue weighted by atomic mass is 32.2. The average Bonchev–Trinajstić information content (AvgIpc) is 3.18. The van der Waals surface area contributed by atoms with E-state index in [1.54, 1.807) is 11.8 Å². The van der Waals surface area contributed by atoms with Gasteiger partial charge in [0.1, 0.15) is 0 Å². The average molecular weight is 389 g/mol. The molecule has 1 aliphatic heterocycles. The molecule has 3 aromatic carbocycles. The highest BCUT2D eigenvalue weighted by Gasteiger charge is 2.24. The molecule has 4 rings (SSSR count). The van der Waals surface area contributed by atoms with Gasteiger partial charge in [-0.1, -0.05) is 78.0 Å². The number of hydrogen-bond acceptors (Lipinski definition) is 3. The number of carbonyl (C=O) groups is 1. The Morgan fingerprint density at radius 1 is 1.04 bits per heavy atom. The summed E-state index contributed by atoms with van der Waals surface area (Å²) in [5.41, 5.74) is 4.93. The van der Waals surface area contributed by atoms with Crippen molar-refractivity contribution in [3.8, 4) is 0 Å². The van der Waals surface area contributed by atoms with E-state index in [2.05, 4.69) is 61.3 Å². The maximum atomic E-state index is 13.0. The van der Waals surface area contributed by atoms with Crippen molar-refractivity contribution in [3.05, 3.63) is 82.9 Å². The van der Waals surface area contributed by atoms with Crippen LogP contribution in [0.4, 0.5) is 0 Å². The molecule has 0 fully saturated rings. The summed E-state index contributed by atoms with van der Waals surface area (Å²) in [6.07, 6.45) is 0.407. The van der Waals surface area contributed by atoms with Crippen LogP contribution in [0, 0.1) is 13.8 Å². The quantitative estimate of drug-likeness (QED) is 0.621. The fourth-order valence-corrected chi connectivity index (χ4v) is 4.71. The first-order valence-corrected chi connectivity index (χ1v) is 10.6. The molecule has 0 aromatic heterocycles. The number of amides is 1. The topological polar surface area (TPSA) is 32.7 Å². The SMILES string of the molecule is Cc1ccc(C)c(CSC2=NCCN2C(=O)Cc2cccc3ccccc23)c1. The second-order valence-corrected chi connectivity index (χ2v) is 8.19. The standard InChI is InChI=1S/C24H24N2OS/c1-17-10-11-18(2)21(14-17)16-28-24-25-12-13-26(24)23(27)15-20-8-5-7-19-6-3-4-9-22(19)20/h3-11,14H,12-13,15-16H2,1-2H3. The summed E-state index contributed by atoms with van der Waals surface area (Å²) >= 11 is 1.67. The number of benzene rings is 3. The second kappa shape index (κ2) is 8.19. The minimum Gasteiger partial charge on any atom is -0.289 e. The summed E-state index contributed by atoms with van der Waals surface area (Å²) in [7, 11) is 0. The lowest BCUT2D eigenvalue weighted by Crippen LogP contribution is -2.34. The molecule has 3 nitrogen and oxygen atoms in total. The van der Waals surface area contributed by atoms with Crippen molar-refractivity contribution in [3.63, 3.8) is 0 Å². The molecule has 1 heterocycles. The van der Waals surface area contributed by atoms with Crippen LogP contribution < -0.4 is 0 Å². The minimum atomic E-state index is 0.126. The second-order valence-electron chi connectivity index (χ2n) is 7.24. The summed E-state index contributed by atoms with van der Waals surface area (Å²) in [6, 6.07) is 20.9. The summed E-state index contributed by atoms with van der Waals surface area (Å²) in [6.45, 7) is 5.62. The van der Waals surface area contributed by atoms with E-state index in [4.69, 9.17) is 0 Å². The Morgan fingerprint density at radius 3 is 2.75 bits per heavy atom. The predicted octanol–water partition coefficient (Wildman–Crippen LogP) is 5.13. The Hall–Kier alpha value is -2.59. The van der Waals surface area contributed by atoms with Gasteiger partial charge in [-0.2, -0.15) is 0 Å². The van der Waals surface area contributed by atoms with Gasteiger partial charge in [-0.15, -0.1) is 0 Å². The molecule has 0 spiro atoms. The molecule has 0 radical (unpaired) electrons. The van der Waals surface area contributed by atoms with Crippen LogP contribution in [0.3, 0.4) is 0 Å². The Bertz CT molecular complexity index is 1050. The first-order chi connectivity index (χ1) is 13.6. The van der Waals surface area contributed by atoms with Crippen LogP contribution in [0.15, 0.2) is 65.7 Å². The predicted molar refractivity (Wildman–Crippen MR) is 119 cm³/mol. The summed E-state index contributed by atoms with van der Waals surface area (Å²) < 4.78 is 0. The van der Waals surface area contributed by atoms with E-state index in [-0.39, 0.29) is 5.91 Å². The zero-order chi connectivity index (χ0) is 19.5. The molecule has 0 aliphatic carbocycles. The molecule has 28 heavy (non-hydrogen) atoms. The molecule has 0 atom stereocenters. The Labute approximate surface area is 170 Å². The number of nitrogens with zero attached hydrogens (tertiary/aromatic N) is 2. The third-order valence-electron chi connectivity index (χ3n) is 5.19. The van der Waals surface area contributed by atoms with Crippen molar-refractivity contribution in [2.24, 2.45) is 4.99 Å². The van der Waals surface area contributed by atoms with Gasteiger partial charge in [0.05, 0.1) is 13.0 Å². The lowest BCUT2D eigenvalue weighted by atomic mass is 10.0.